The van der Waals surface area contributed by atoms with Crippen LogP contribution in [-0.4, -0.2) is 0 Å². The average Bonchev–Trinajstić information content (AvgIpc) is 2.67. The normalized spacial score (nSPS) is 12.7. The molecule has 0 radical (unpaired) electrons. The van der Waals surface area contributed by atoms with Crippen LogP contribution in [0.5, 0.6) is 0 Å². The van der Waals surface area contributed by atoms with Crippen molar-refractivity contribution in [2.24, 2.45) is 0 Å². The standard InChI is InChI=1S/C15H18FNO/c1-10-8-14(12(3)18-10)11(2)17-9-13-6-4-5-7-15(13)16/h4-8,11,17H,9H2,1-3H3. The van der Waals surface area contributed by atoms with Gasteiger partial charge < -0.3 is 9.73 Å². The molecule has 0 aliphatic heterocycles. The average molecular weight is 247 g/mol. The minimum atomic E-state index is -0.169. The molecule has 0 bridgehead atoms. The molecule has 0 saturated carbocycles. The Morgan fingerprint density at radius 2 is 2.00 bits per heavy atom. The molecule has 0 aliphatic rings. The second kappa shape index (κ2) is 5.36. The van der Waals surface area contributed by atoms with E-state index in [-0.39, 0.29) is 11.9 Å². The molecular formula is C15H18FNO. The molecule has 96 valence electrons. The molecule has 2 nitrogen and oxygen atoms in total. The highest BCUT2D eigenvalue weighted by Gasteiger charge is 2.12. The van der Waals surface area contributed by atoms with Crippen LogP contribution in [0.2, 0.25) is 0 Å². The lowest BCUT2D eigenvalue weighted by molar-refractivity contribution is 0.487. The van der Waals surface area contributed by atoms with Crippen molar-refractivity contribution in [3.05, 3.63) is 58.8 Å². The van der Waals surface area contributed by atoms with E-state index in [0.717, 1.165) is 17.1 Å². The molecule has 0 spiro atoms. The zero-order valence-electron chi connectivity index (χ0n) is 11.0. The maximum atomic E-state index is 13.5. The molecule has 0 amide bonds. The molecule has 1 atom stereocenters. The first kappa shape index (κ1) is 12.8. The molecular weight excluding hydrogens is 229 g/mol. The van der Waals surface area contributed by atoms with Crippen molar-refractivity contribution >= 4 is 0 Å². The van der Waals surface area contributed by atoms with Crippen molar-refractivity contribution in [2.45, 2.75) is 33.4 Å². The topological polar surface area (TPSA) is 25.2 Å². The number of halogens is 1. The van der Waals surface area contributed by atoms with Crippen LogP contribution in [0.3, 0.4) is 0 Å². The molecule has 1 aromatic carbocycles. The lowest BCUT2D eigenvalue weighted by Crippen LogP contribution is -2.18. The predicted octanol–water partition coefficient (Wildman–Crippen LogP) is 3.89. The summed E-state index contributed by atoms with van der Waals surface area (Å²) in [5, 5.41) is 3.31. The van der Waals surface area contributed by atoms with Crippen molar-refractivity contribution in [3.8, 4) is 0 Å². The van der Waals surface area contributed by atoms with Gasteiger partial charge in [-0.25, -0.2) is 4.39 Å². The van der Waals surface area contributed by atoms with Crippen LogP contribution >= 0.6 is 0 Å². The molecule has 3 heteroatoms. The summed E-state index contributed by atoms with van der Waals surface area (Å²) in [4.78, 5) is 0. The number of nitrogens with one attached hydrogen (secondary N) is 1. The summed E-state index contributed by atoms with van der Waals surface area (Å²) in [6, 6.07) is 8.98. The Morgan fingerprint density at radius 3 is 2.61 bits per heavy atom. The van der Waals surface area contributed by atoms with E-state index in [9.17, 15) is 4.39 Å². The number of benzene rings is 1. The van der Waals surface area contributed by atoms with E-state index in [0.29, 0.717) is 12.1 Å². The molecule has 0 fully saturated rings. The maximum absolute atomic E-state index is 13.5. The Balaban J connectivity index is 2.03. The Morgan fingerprint density at radius 1 is 1.28 bits per heavy atom. The van der Waals surface area contributed by atoms with Gasteiger partial charge in [-0.15, -0.1) is 0 Å². The summed E-state index contributed by atoms with van der Waals surface area (Å²) >= 11 is 0. The molecule has 0 saturated heterocycles. The lowest BCUT2D eigenvalue weighted by Gasteiger charge is -2.13. The van der Waals surface area contributed by atoms with Crippen molar-refractivity contribution in [1.29, 1.82) is 0 Å². The Hall–Kier alpha value is -1.61. The Labute approximate surface area is 107 Å². The molecule has 1 aromatic heterocycles. The first-order chi connectivity index (χ1) is 8.58. The van der Waals surface area contributed by atoms with Crippen molar-refractivity contribution < 1.29 is 8.81 Å². The SMILES string of the molecule is Cc1cc(C(C)NCc2ccccc2F)c(C)o1. The summed E-state index contributed by atoms with van der Waals surface area (Å²) < 4.78 is 19.0. The fourth-order valence-electron chi connectivity index (χ4n) is 2.10. The minimum absolute atomic E-state index is 0.141. The third-order valence-corrected chi connectivity index (χ3v) is 3.10. The molecule has 2 rings (SSSR count). The minimum Gasteiger partial charge on any atom is -0.466 e. The maximum Gasteiger partial charge on any atom is 0.127 e. The second-order valence-corrected chi connectivity index (χ2v) is 4.56. The number of hydrogen-bond acceptors (Lipinski definition) is 2. The number of aryl methyl sites for hydroxylation is 2. The zero-order chi connectivity index (χ0) is 13.1. The molecule has 1 heterocycles. The monoisotopic (exact) mass is 247 g/mol. The van der Waals surface area contributed by atoms with Gasteiger partial charge in [-0.1, -0.05) is 18.2 Å². The van der Waals surface area contributed by atoms with Crippen LogP contribution in [0.1, 0.15) is 35.6 Å². The van der Waals surface area contributed by atoms with Gasteiger partial charge in [0.2, 0.25) is 0 Å². The molecule has 2 aromatic rings. The summed E-state index contributed by atoms with van der Waals surface area (Å²) in [5.41, 5.74) is 1.81. The van der Waals surface area contributed by atoms with Gasteiger partial charge in [0.25, 0.3) is 0 Å². The van der Waals surface area contributed by atoms with Crippen LogP contribution in [0, 0.1) is 19.7 Å². The van der Waals surface area contributed by atoms with Gasteiger partial charge in [-0.05, 0) is 32.9 Å². The van der Waals surface area contributed by atoms with Crippen LogP contribution in [0.4, 0.5) is 4.39 Å². The van der Waals surface area contributed by atoms with Crippen LogP contribution < -0.4 is 5.32 Å². The first-order valence-electron chi connectivity index (χ1n) is 6.11. The predicted molar refractivity (Wildman–Crippen MR) is 69.8 cm³/mol. The fourth-order valence-corrected chi connectivity index (χ4v) is 2.10. The highest BCUT2D eigenvalue weighted by atomic mass is 19.1. The van der Waals surface area contributed by atoms with E-state index in [4.69, 9.17) is 4.42 Å². The molecule has 18 heavy (non-hydrogen) atoms. The van der Waals surface area contributed by atoms with Gasteiger partial charge >= 0.3 is 0 Å². The molecule has 1 N–H and O–H groups in total. The largest absolute Gasteiger partial charge is 0.466 e. The van der Waals surface area contributed by atoms with Gasteiger partial charge in [0.05, 0.1) is 0 Å². The third kappa shape index (κ3) is 2.79. The number of hydrogen-bond donors (Lipinski definition) is 1. The van der Waals surface area contributed by atoms with Crippen LogP contribution in [0.15, 0.2) is 34.7 Å². The van der Waals surface area contributed by atoms with E-state index >= 15 is 0 Å². The van der Waals surface area contributed by atoms with Crippen LogP contribution in [-0.2, 0) is 6.54 Å². The van der Waals surface area contributed by atoms with E-state index in [1.165, 1.54) is 6.07 Å². The van der Waals surface area contributed by atoms with E-state index in [2.05, 4.69) is 12.2 Å². The highest BCUT2D eigenvalue weighted by Crippen LogP contribution is 2.21. The van der Waals surface area contributed by atoms with E-state index in [1.54, 1.807) is 12.1 Å². The number of furan rings is 1. The molecule has 0 aliphatic carbocycles. The van der Waals surface area contributed by atoms with Gasteiger partial charge in [0.15, 0.2) is 0 Å². The van der Waals surface area contributed by atoms with Gasteiger partial charge in [-0.3, -0.25) is 0 Å². The van der Waals surface area contributed by atoms with Crippen LogP contribution in [0.25, 0.3) is 0 Å². The lowest BCUT2D eigenvalue weighted by atomic mass is 10.1. The number of rotatable bonds is 4. The smallest absolute Gasteiger partial charge is 0.127 e. The van der Waals surface area contributed by atoms with E-state index < -0.39 is 0 Å². The fraction of sp³-hybridized carbons (Fsp3) is 0.333. The van der Waals surface area contributed by atoms with Crippen molar-refractivity contribution in [2.75, 3.05) is 0 Å². The summed E-state index contributed by atoms with van der Waals surface area (Å²) in [5.74, 6) is 1.65. The van der Waals surface area contributed by atoms with Gasteiger partial charge in [0.1, 0.15) is 17.3 Å². The first-order valence-corrected chi connectivity index (χ1v) is 6.11. The molecule has 1 unspecified atom stereocenters. The van der Waals surface area contributed by atoms with Gasteiger partial charge in [-0.2, -0.15) is 0 Å². The summed E-state index contributed by atoms with van der Waals surface area (Å²) in [6.45, 7) is 6.44. The Kier molecular flexibility index (Phi) is 3.82. The zero-order valence-corrected chi connectivity index (χ0v) is 11.0. The third-order valence-electron chi connectivity index (χ3n) is 3.10. The summed E-state index contributed by atoms with van der Waals surface area (Å²) in [6.07, 6.45) is 0. The quantitative estimate of drug-likeness (QED) is 0.886. The van der Waals surface area contributed by atoms with E-state index in [1.807, 2.05) is 26.0 Å². The van der Waals surface area contributed by atoms with Gasteiger partial charge in [0, 0.05) is 23.7 Å². The summed E-state index contributed by atoms with van der Waals surface area (Å²) in [7, 11) is 0. The highest BCUT2D eigenvalue weighted by molar-refractivity contribution is 5.24. The van der Waals surface area contributed by atoms with Crippen molar-refractivity contribution in [1.82, 2.24) is 5.32 Å². The second-order valence-electron chi connectivity index (χ2n) is 4.56. The Bertz CT molecular complexity index is 533. The van der Waals surface area contributed by atoms with Crippen molar-refractivity contribution in [3.63, 3.8) is 0 Å².